The van der Waals surface area contributed by atoms with Gasteiger partial charge in [-0.25, -0.2) is 0 Å². The van der Waals surface area contributed by atoms with Crippen LogP contribution in [0.3, 0.4) is 0 Å². The zero-order valence-electron chi connectivity index (χ0n) is 31.4. The van der Waals surface area contributed by atoms with Crippen LogP contribution >= 0.6 is 0 Å². The average Bonchev–Trinajstić information content (AvgIpc) is 3.21. The standard InChI is InChI=1S/C37H46O23/c1-11-21(43)31(58-34-27(49)22(44)16(41)8-52-34)29(51)36(55-11)54-10-19-24(46)26(48)33(60-35-28(50)23(45)17(42)9-53-35)37(57-19)59-32-25(47)20-15(40)6-14(39)7-18(20)56-30(32)12-2-4-13(38)5-3-12/h2-7,11,16-17,19,21-24,26-29,31,33-46,48-51H,8-10H2,1H3/t11?,16-,17-,19?,21+,22-,23-,24-,26-,27?,28?,29?,31+,33?,34+,35+,36-,37+/m1/s1. The van der Waals surface area contributed by atoms with Crippen molar-refractivity contribution in [2.24, 2.45) is 0 Å². The number of aliphatic hydroxyl groups excluding tert-OH is 10. The van der Waals surface area contributed by atoms with Crippen LogP contribution in [-0.4, -0.2) is 197 Å². The quantitative estimate of drug-likeness (QED) is 0.0914. The molecule has 18 atom stereocenters. The van der Waals surface area contributed by atoms with Crippen LogP contribution in [0.25, 0.3) is 22.3 Å². The van der Waals surface area contributed by atoms with Crippen LogP contribution in [0.2, 0.25) is 0 Å². The highest BCUT2D eigenvalue weighted by Gasteiger charge is 2.52. The van der Waals surface area contributed by atoms with E-state index in [2.05, 4.69) is 0 Å². The third kappa shape index (κ3) is 8.64. The van der Waals surface area contributed by atoms with E-state index < -0.39 is 158 Å². The molecule has 23 nitrogen and oxygen atoms in total. The number of aromatic hydroxyl groups is 3. The maximum atomic E-state index is 14.1. The first-order valence-corrected chi connectivity index (χ1v) is 18.7. The third-order valence-corrected chi connectivity index (χ3v) is 10.6. The van der Waals surface area contributed by atoms with Crippen LogP contribution < -0.4 is 10.2 Å². The number of phenols is 3. The van der Waals surface area contributed by atoms with Crippen molar-refractivity contribution >= 4 is 11.0 Å². The van der Waals surface area contributed by atoms with Gasteiger partial charge < -0.3 is 109 Å². The molecule has 0 saturated carbocycles. The van der Waals surface area contributed by atoms with Crippen molar-refractivity contribution in [1.82, 2.24) is 0 Å². The smallest absolute Gasteiger partial charge is 0.239 e. The van der Waals surface area contributed by atoms with Crippen molar-refractivity contribution < 1.29 is 109 Å². The topological polar surface area (TPSA) is 367 Å². The minimum absolute atomic E-state index is 0.106. The fourth-order valence-electron chi connectivity index (χ4n) is 7.17. The Bertz CT molecular complexity index is 2000. The average molecular weight is 859 g/mol. The molecule has 5 heterocycles. The predicted molar refractivity (Wildman–Crippen MR) is 192 cm³/mol. The first-order chi connectivity index (χ1) is 28.4. The normalized spacial score (nSPS) is 40.0. The van der Waals surface area contributed by atoms with Crippen LogP contribution in [0.4, 0.5) is 0 Å². The first-order valence-electron chi connectivity index (χ1n) is 18.7. The number of hydrogen-bond acceptors (Lipinski definition) is 23. The minimum Gasteiger partial charge on any atom is -0.508 e. The lowest BCUT2D eigenvalue weighted by Gasteiger charge is -2.46. The van der Waals surface area contributed by atoms with Crippen LogP contribution in [0, 0.1) is 0 Å². The Hall–Kier alpha value is -3.83. The summed E-state index contributed by atoms with van der Waals surface area (Å²) in [5.74, 6) is -2.42. The van der Waals surface area contributed by atoms with Gasteiger partial charge in [-0.3, -0.25) is 4.79 Å². The van der Waals surface area contributed by atoms with Crippen molar-refractivity contribution in [3.8, 4) is 34.3 Å². The summed E-state index contributed by atoms with van der Waals surface area (Å²) in [5.41, 5.74) is -1.24. The minimum atomic E-state index is -2.06. The largest absolute Gasteiger partial charge is 0.508 e. The second-order valence-electron chi connectivity index (χ2n) is 14.8. The molecule has 0 bridgehead atoms. The van der Waals surface area contributed by atoms with Crippen molar-refractivity contribution in [3.63, 3.8) is 0 Å². The van der Waals surface area contributed by atoms with Gasteiger partial charge in [-0.05, 0) is 31.2 Å². The molecule has 0 amide bonds. The Morgan fingerprint density at radius 1 is 0.633 bits per heavy atom. The molecule has 7 rings (SSSR count). The number of fused-ring (bicyclic) bond motifs is 1. The molecule has 6 unspecified atom stereocenters. The lowest BCUT2D eigenvalue weighted by atomic mass is 9.97. The van der Waals surface area contributed by atoms with E-state index in [1.807, 2.05) is 0 Å². The Labute approximate surface area is 337 Å². The van der Waals surface area contributed by atoms with Gasteiger partial charge in [0.2, 0.25) is 17.5 Å². The van der Waals surface area contributed by atoms with Gasteiger partial charge in [-0.1, -0.05) is 0 Å². The first kappa shape index (κ1) is 44.2. The van der Waals surface area contributed by atoms with Gasteiger partial charge in [-0.2, -0.15) is 0 Å². The molecule has 13 N–H and O–H groups in total. The van der Waals surface area contributed by atoms with Gasteiger partial charge in [0.15, 0.2) is 30.7 Å². The molecule has 0 radical (unpaired) electrons. The Morgan fingerprint density at radius 2 is 1.23 bits per heavy atom. The zero-order chi connectivity index (χ0) is 43.3. The summed E-state index contributed by atoms with van der Waals surface area (Å²) in [6, 6.07) is 7.05. The lowest BCUT2D eigenvalue weighted by Crippen LogP contribution is -2.65. The molecule has 2 aromatic carbocycles. The van der Waals surface area contributed by atoms with Gasteiger partial charge in [0.1, 0.15) is 101 Å². The van der Waals surface area contributed by atoms with Crippen LogP contribution in [-0.2, 0) is 33.2 Å². The van der Waals surface area contributed by atoms with E-state index in [1.54, 1.807) is 0 Å². The lowest BCUT2D eigenvalue weighted by molar-refractivity contribution is -0.360. The fraction of sp³-hybridized carbons (Fsp3) is 0.595. The number of rotatable bonds is 10. The zero-order valence-corrected chi connectivity index (χ0v) is 31.4. The summed E-state index contributed by atoms with van der Waals surface area (Å²) in [4.78, 5) is 14.1. The molecule has 4 aliphatic rings. The number of ether oxygens (including phenoxy) is 8. The monoisotopic (exact) mass is 858 g/mol. The third-order valence-electron chi connectivity index (χ3n) is 10.6. The number of benzene rings is 2. The Morgan fingerprint density at radius 3 is 1.85 bits per heavy atom. The van der Waals surface area contributed by atoms with Crippen LogP contribution in [0.1, 0.15) is 6.92 Å². The van der Waals surface area contributed by atoms with E-state index in [9.17, 15) is 71.2 Å². The van der Waals surface area contributed by atoms with E-state index in [4.69, 9.17) is 42.3 Å². The summed E-state index contributed by atoms with van der Waals surface area (Å²) >= 11 is 0. The molecule has 4 fully saturated rings. The second kappa shape index (κ2) is 17.9. The summed E-state index contributed by atoms with van der Waals surface area (Å²) < 4.78 is 51.4. The predicted octanol–water partition coefficient (Wildman–Crippen LogP) is -4.47. The van der Waals surface area contributed by atoms with E-state index in [-0.39, 0.29) is 22.7 Å². The highest BCUT2D eigenvalue weighted by Crippen LogP contribution is 2.39. The van der Waals surface area contributed by atoms with Crippen molar-refractivity contribution in [1.29, 1.82) is 0 Å². The second-order valence-corrected chi connectivity index (χ2v) is 14.8. The van der Waals surface area contributed by atoms with E-state index >= 15 is 0 Å². The summed E-state index contributed by atoms with van der Waals surface area (Å²) in [6.07, 6.45) is -30.9. The Balaban J connectivity index is 1.19. The highest BCUT2D eigenvalue weighted by molar-refractivity contribution is 5.88. The van der Waals surface area contributed by atoms with Gasteiger partial charge in [-0.15, -0.1) is 0 Å². The molecule has 0 aliphatic carbocycles. The van der Waals surface area contributed by atoms with Crippen LogP contribution in [0.15, 0.2) is 45.6 Å². The molecule has 0 spiro atoms. The van der Waals surface area contributed by atoms with Crippen molar-refractivity contribution in [2.75, 3.05) is 19.8 Å². The molecule has 60 heavy (non-hydrogen) atoms. The number of aliphatic hydroxyl groups is 10. The van der Waals surface area contributed by atoms with E-state index in [0.29, 0.717) is 0 Å². The molecular weight excluding hydrogens is 812 g/mol. The summed E-state index contributed by atoms with van der Waals surface area (Å²) in [7, 11) is 0. The highest BCUT2D eigenvalue weighted by atomic mass is 16.8. The molecule has 1 aromatic heterocycles. The molecule has 23 heteroatoms. The fourth-order valence-corrected chi connectivity index (χ4v) is 7.17. The van der Waals surface area contributed by atoms with Gasteiger partial charge in [0.05, 0.1) is 25.9 Å². The van der Waals surface area contributed by atoms with Gasteiger partial charge in [0, 0.05) is 17.7 Å². The van der Waals surface area contributed by atoms with E-state index in [0.717, 1.165) is 12.1 Å². The summed E-state index contributed by atoms with van der Waals surface area (Å²) in [6.45, 7) is -0.352. The molecule has 332 valence electrons. The van der Waals surface area contributed by atoms with Crippen LogP contribution in [0.5, 0.6) is 23.0 Å². The molecule has 4 aliphatic heterocycles. The molecular formula is C37H46O23. The maximum absolute atomic E-state index is 14.1. The Kier molecular flexibility index (Phi) is 13.2. The van der Waals surface area contributed by atoms with Crippen molar-refractivity contribution in [3.05, 3.63) is 46.6 Å². The molecule has 4 saturated heterocycles. The van der Waals surface area contributed by atoms with Gasteiger partial charge >= 0.3 is 0 Å². The van der Waals surface area contributed by atoms with Crippen molar-refractivity contribution in [2.45, 2.75) is 118 Å². The number of phenolic OH excluding ortho intramolecular Hbond substituents is 3. The number of hydrogen-bond donors (Lipinski definition) is 13. The maximum Gasteiger partial charge on any atom is 0.239 e. The summed E-state index contributed by atoms with van der Waals surface area (Å²) in [5, 5.41) is 136. The molecule has 3 aromatic rings. The SMILES string of the molecule is CC1O[C@@H](OCC2O[C@@H](Oc3c(-c4ccc(O)cc4)oc4cc(O)cc(O)c4c3=O)C(O[C@@H]3OC[C@@H](O)[C@@H](O)C3O)[C@H](O)[C@@H]2O)C(O)[C@@H](O[C@@H]2OC[C@@H](O)[C@@H](O)C2O)[C@H]1O. The van der Waals surface area contributed by atoms with Gasteiger partial charge in [0.25, 0.3) is 0 Å². The van der Waals surface area contributed by atoms with E-state index in [1.165, 1.54) is 31.2 Å².